The normalized spacial score (nSPS) is 15.7. The van der Waals surface area contributed by atoms with Gasteiger partial charge in [0.05, 0.1) is 11.0 Å². The zero-order valence-electron chi connectivity index (χ0n) is 13.3. The average molecular weight is 359 g/mol. The zero-order valence-corrected chi connectivity index (χ0v) is 14.2. The molecular weight excluding hydrogens is 342 g/mol. The van der Waals surface area contributed by atoms with Gasteiger partial charge in [-0.3, -0.25) is 10.2 Å². The van der Waals surface area contributed by atoms with E-state index in [9.17, 15) is 13.2 Å². The average Bonchev–Trinajstić information content (AvgIpc) is 3.36. The lowest BCUT2D eigenvalue weighted by molar-refractivity contribution is 0.100. The molecule has 1 fully saturated rings. The number of fused-ring (bicyclic) bond motifs is 1. The summed E-state index contributed by atoms with van der Waals surface area (Å²) in [6, 6.07) is 8.75. The molecule has 4 rings (SSSR count). The predicted octanol–water partition coefficient (Wildman–Crippen LogP) is 1.53. The van der Waals surface area contributed by atoms with Gasteiger partial charge in [-0.05, 0) is 31.0 Å². The van der Waals surface area contributed by atoms with E-state index in [4.69, 9.17) is 0 Å². The van der Waals surface area contributed by atoms with Crippen molar-refractivity contribution in [2.75, 3.05) is 18.5 Å². The van der Waals surface area contributed by atoms with Gasteiger partial charge in [-0.2, -0.15) is 4.31 Å². The third-order valence-corrected chi connectivity index (χ3v) is 6.16. The summed E-state index contributed by atoms with van der Waals surface area (Å²) in [5.41, 5.74) is 4.38. The van der Waals surface area contributed by atoms with Crippen LogP contribution in [0.3, 0.4) is 0 Å². The van der Waals surface area contributed by atoms with Gasteiger partial charge >= 0.3 is 0 Å². The molecule has 1 amide bonds. The van der Waals surface area contributed by atoms with Crippen LogP contribution in [-0.4, -0.2) is 46.4 Å². The second-order valence-corrected chi connectivity index (χ2v) is 7.84. The van der Waals surface area contributed by atoms with E-state index in [1.807, 2.05) is 24.3 Å². The first kappa shape index (κ1) is 15.9. The van der Waals surface area contributed by atoms with Crippen molar-refractivity contribution in [2.45, 2.75) is 17.7 Å². The molecule has 9 heteroatoms. The molecule has 0 saturated carbocycles. The molecular formula is C16H17N5O3S. The largest absolute Gasteiger partial charge is 0.356 e. The van der Waals surface area contributed by atoms with Crippen LogP contribution in [0.1, 0.15) is 23.3 Å². The van der Waals surface area contributed by atoms with E-state index in [0.717, 1.165) is 23.9 Å². The molecule has 3 aromatic rings. The van der Waals surface area contributed by atoms with Crippen molar-refractivity contribution in [3.63, 3.8) is 0 Å². The third-order valence-electron chi connectivity index (χ3n) is 4.28. The van der Waals surface area contributed by atoms with E-state index in [0.29, 0.717) is 13.1 Å². The minimum Gasteiger partial charge on any atom is -0.356 e. The van der Waals surface area contributed by atoms with E-state index in [1.54, 1.807) is 0 Å². The third kappa shape index (κ3) is 2.81. The maximum atomic E-state index is 12.5. The molecule has 25 heavy (non-hydrogen) atoms. The standard InChI is InChI=1S/C16H17N5O3S/c22-16(19-21-11-18-13-5-1-2-6-15(13)21)14-9-12(10-17-14)25(23,24)20-7-3-4-8-20/h1-2,5-6,9-11,17H,3-4,7-8H2,(H,19,22). The lowest BCUT2D eigenvalue weighted by Crippen LogP contribution is -2.27. The van der Waals surface area contributed by atoms with E-state index in [-0.39, 0.29) is 10.6 Å². The molecule has 1 aliphatic heterocycles. The molecule has 1 aliphatic rings. The summed E-state index contributed by atoms with van der Waals surface area (Å²) in [4.78, 5) is 19.5. The Hall–Kier alpha value is -2.65. The fourth-order valence-corrected chi connectivity index (χ4v) is 4.46. The second kappa shape index (κ2) is 6.01. The number of aromatic amines is 1. The van der Waals surface area contributed by atoms with Crippen molar-refractivity contribution in [2.24, 2.45) is 0 Å². The molecule has 1 saturated heterocycles. The van der Waals surface area contributed by atoms with Crippen LogP contribution >= 0.6 is 0 Å². The van der Waals surface area contributed by atoms with Crippen LogP contribution in [-0.2, 0) is 10.0 Å². The predicted molar refractivity (Wildman–Crippen MR) is 92.2 cm³/mol. The molecule has 0 spiro atoms. The van der Waals surface area contributed by atoms with Gasteiger partial charge < -0.3 is 4.98 Å². The highest BCUT2D eigenvalue weighted by Gasteiger charge is 2.28. The van der Waals surface area contributed by atoms with Crippen LogP contribution in [0.2, 0.25) is 0 Å². The number of H-pyrrole nitrogens is 1. The summed E-state index contributed by atoms with van der Waals surface area (Å²) in [5, 5.41) is 0. The lowest BCUT2D eigenvalue weighted by Gasteiger charge is -2.13. The number of para-hydroxylation sites is 2. The first-order chi connectivity index (χ1) is 12.1. The molecule has 8 nitrogen and oxygen atoms in total. The molecule has 2 N–H and O–H groups in total. The Bertz CT molecular complexity index is 1030. The maximum Gasteiger partial charge on any atom is 0.286 e. The van der Waals surface area contributed by atoms with Crippen molar-refractivity contribution < 1.29 is 13.2 Å². The van der Waals surface area contributed by atoms with Gasteiger partial charge in [0.25, 0.3) is 5.91 Å². The molecule has 0 aliphatic carbocycles. The fourth-order valence-electron chi connectivity index (χ4n) is 2.95. The number of sulfonamides is 1. The number of rotatable bonds is 4. The monoisotopic (exact) mass is 359 g/mol. The number of aromatic nitrogens is 3. The van der Waals surface area contributed by atoms with Gasteiger partial charge in [0, 0.05) is 19.3 Å². The Morgan fingerprint density at radius 2 is 1.96 bits per heavy atom. The van der Waals surface area contributed by atoms with E-state index < -0.39 is 15.9 Å². The second-order valence-electron chi connectivity index (χ2n) is 5.90. The van der Waals surface area contributed by atoms with Crippen LogP contribution in [0.4, 0.5) is 0 Å². The summed E-state index contributed by atoms with van der Waals surface area (Å²) in [6.07, 6.45) is 4.59. The maximum absolute atomic E-state index is 12.5. The van der Waals surface area contributed by atoms with Crippen LogP contribution < -0.4 is 5.43 Å². The Morgan fingerprint density at radius 3 is 2.76 bits per heavy atom. The molecule has 0 bridgehead atoms. The Morgan fingerprint density at radius 1 is 1.20 bits per heavy atom. The highest BCUT2D eigenvalue weighted by atomic mass is 32.2. The number of hydrogen-bond donors (Lipinski definition) is 2. The first-order valence-corrected chi connectivity index (χ1v) is 9.42. The number of nitrogens with zero attached hydrogens (tertiary/aromatic N) is 3. The number of carbonyl (C=O) groups excluding carboxylic acids is 1. The molecule has 3 heterocycles. The van der Waals surface area contributed by atoms with Gasteiger partial charge in [0.1, 0.15) is 16.9 Å². The van der Waals surface area contributed by atoms with Crippen molar-refractivity contribution in [1.29, 1.82) is 0 Å². The zero-order chi connectivity index (χ0) is 17.4. The van der Waals surface area contributed by atoms with Gasteiger partial charge in [-0.15, -0.1) is 0 Å². The van der Waals surface area contributed by atoms with Crippen molar-refractivity contribution >= 4 is 27.0 Å². The molecule has 1 aromatic carbocycles. The SMILES string of the molecule is O=C(Nn1cnc2ccccc21)c1cc(S(=O)(=O)N2CCCC2)c[nH]1. The van der Waals surface area contributed by atoms with Crippen molar-refractivity contribution in [3.8, 4) is 0 Å². The van der Waals surface area contributed by atoms with Gasteiger partial charge in [-0.25, -0.2) is 18.1 Å². The molecule has 2 aromatic heterocycles. The molecule has 130 valence electrons. The van der Waals surface area contributed by atoms with E-state index >= 15 is 0 Å². The number of imidazole rings is 1. The topological polar surface area (TPSA) is 100 Å². The minimum atomic E-state index is -3.55. The van der Waals surface area contributed by atoms with E-state index in [1.165, 1.54) is 27.6 Å². The van der Waals surface area contributed by atoms with Gasteiger partial charge in [0.15, 0.2) is 0 Å². The molecule has 0 atom stereocenters. The van der Waals surface area contributed by atoms with Crippen LogP contribution in [0, 0.1) is 0 Å². The number of carbonyl (C=O) groups is 1. The van der Waals surface area contributed by atoms with Crippen LogP contribution in [0.15, 0.2) is 47.8 Å². The Kier molecular flexibility index (Phi) is 3.81. The van der Waals surface area contributed by atoms with Gasteiger partial charge in [0.2, 0.25) is 10.0 Å². The van der Waals surface area contributed by atoms with Crippen molar-refractivity contribution in [1.82, 2.24) is 18.9 Å². The highest BCUT2D eigenvalue weighted by Crippen LogP contribution is 2.21. The summed E-state index contributed by atoms with van der Waals surface area (Å²) >= 11 is 0. The number of benzene rings is 1. The minimum absolute atomic E-state index is 0.107. The first-order valence-electron chi connectivity index (χ1n) is 7.98. The van der Waals surface area contributed by atoms with E-state index in [2.05, 4.69) is 15.4 Å². The number of nitrogens with one attached hydrogen (secondary N) is 2. The fraction of sp³-hybridized carbons (Fsp3) is 0.250. The van der Waals surface area contributed by atoms with Gasteiger partial charge in [-0.1, -0.05) is 12.1 Å². The molecule has 0 unspecified atom stereocenters. The smallest absolute Gasteiger partial charge is 0.286 e. The Balaban J connectivity index is 1.56. The summed E-state index contributed by atoms with van der Waals surface area (Å²) in [7, 11) is -3.55. The quantitative estimate of drug-likeness (QED) is 0.738. The molecule has 0 radical (unpaired) electrons. The highest BCUT2D eigenvalue weighted by molar-refractivity contribution is 7.89. The summed E-state index contributed by atoms with van der Waals surface area (Å²) in [5.74, 6) is -0.439. The van der Waals surface area contributed by atoms with Crippen LogP contribution in [0.25, 0.3) is 11.0 Å². The summed E-state index contributed by atoms with van der Waals surface area (Å²) in [6.45, 7) is 1.05. The Labute approximate surface area is 144 Å². The lowest BCUT2D eigenvalue weighted by atomic mass is 10.3. The number of amides is 1. The van der Waals surface area contributed by atoms with Crippen molar-refractivity contribution in [3.05, 3.63) is 48.5 Å². The summed E-state index contributed by atoms with van der Waals surface area (Å²) < 4.78 is 28.0. The van der Waals surface area contributed by atoms with Crippen LogP contribution in [0.5, 0.6) is 0 Å². The number of hydrogen-bond acceptors (Lipinski definition) is 4.